The molecule has 0 spiro atoms. The van der Waals surface area contributed by atoms with Gasteiger partial charge in [-0.3, -0.25) is 9.78 Å². The highest BCUT2D eigenvalue weighted by Gasteiger charge is 2.23. The Morgan fingerprint density at radius 3 is 2.67 bits per heavy atom. The van der Waals surface area contributed by atoms with Crippen molar-refractivity contribution < 1.29 is 4.79 Å². The zero-order chi connectivity index (χ0) is 17.3. The Morgan fingerprint density at radius 1 is 1.29 bits per heavy atom. The lowest BCUT2D eigenvalue weighted by Gasteiger charge is -2.29. The van der Waals surface area contributed by atoms with E-state index in [0.29, 0.717) is 23.1 Å². The summed E-state index contributed by atoms with van der Waals surface area (Å²) in [5.74, 6) is 0.0208. The summed E-state index contributed by atoms with van der Waals surface area (Å²) in [6.45, 7) is 3.82. The van der Waals surface area contributed by atoms with Crippen molar-refractivity contribution in [3.63, 3.8) is 0 Å². The topological polar surface area (TPSA) is 68.0 Å². The maximum atomic E-state index is 12.7. The van der Waals surface area contributed by atoms with Crippen LogP contribution in [-0.4, -0.2) is 30.7 Å². The third-order valence-corrected chi connectivity index (χ3v) is 4.80. The lowest BCUT2D eigenvalue weighted by molar-refractivity contribution is 0.0940. The van der Waals surface area contributed by atoms with Crippen LogP contribution in [-0.2, 0) is 0 Å². The van der Waals surface area contributed by atoms with E-state index in [1.54, 1.807) is 6.20 Å². The van der Waals surface area contributed by atoms with Gasteiger partial charge in [-0.15, -0.1) is 0 Å². The van der Waals surface area contributed by atoms with Crippen molar-refractivity contribution in [1.82, 2.24) is 4.98 Å². The maximum absolute atomic E-state index is 12.7. The van der Waals surface area contributed by atoms with Crippen molar-refractivity contribution in [2.24, 2.45) is 11.7 Å². The van der Waals surface area contributed by atoms with Gasteiger partial charge in [-0.2, -0.15) is 0 Å². The first kappa shape index (κ1) is 17.0. The number of hydrogen-bond acceptors (Lipinski definition) is 4. The quantitative estimate of drug-likeness (QED) is 0.671. The minimum Gasteiger partial charge on any atom is -0.381 e. The molecule has 3 N–H and O–H groups in total. The number of hydrogen-bond donors (Lipinski definition) is 2. The molecule has 1 aromatic carbocycles. The summed E-state index contributed by atoms with van der Waals surface area (Å²) < 4.78 is 0. The van der Waals surface area contributed by atoms with Gasteiger partial charge < -0.3 is 11.1 Å². The first-order valence-electron chi connectivity index (χ1n) is 8.70. The Morgan fingerprint density at radius 2 is 2.00 bits per heavy atom. The predicted octanol–water partition coefficient (Wildman–Crippen LogP) is 2.55. The molecule has 1 saturated carbocycles. The molecule has 0 saturated heterocycles. The molecule has 3 rings (SSSR count). The van der Waals surface area contributed by atoms with Gasteiger partial charge in [0, 0.05) is 29.6 Å². The Kier molecular flexibility index (Phi) is 4.90. The molecule has 2 radical (unpaired) electrons. The summed E-state index contributed by atoms with van der Waals surface area (Å²) in [6, 6.07) is 6.26. The SMILES string of the molecule is [B]c1ccc2ncc(C(=O)C(C)C)c(NC3CCC(N)CC3)c2c1. The Hall–Kier alpha value is -1.88. The van der Waals surface area contributed by atoms with Crippen molar-refractivity contribution in [2.75, 3.05) is 5.32 Å². The van der Waals surface area contributed by atoms with Gasteiger partial charge in [0.15, 0.2) is 5.78 Å². The molecule has 0 aliphatic heterocycles. The number of pyridine rings is 1. The van der Waals surface area contributed by atoms with Crippen LogP contribution in [0.1, 0.15) is 49.9 Å². The van der Waals surface area contributed by atoms with Crippen LogP contribution in [0.15, 0.2) is 24.4 Å². The molecule has 1 aromatic heterocycles. The molecule has 0 bridgehead atoms. The lowest BCUT2D eigenvalue weighted by Crippen LogP contribution is -2.33. The molecule has 124 valence electrons. The van der Waals surface area contributed by atoms with Gasteiger partial charge in [0.25, 0.3) is 0 Å². The molecular formula is C19H24BN3O. The number of fused-ring (bicyclic) bond motifs is 1. The van der Waals surface area contributed by atoms with Gasteiger partial charge >= 0.3 is 0 Å². The van der Waals surface area contributed by atoms with E-state index in [1.807, 2.05) is 32.0 Å². The van der Waals surface area contributed by atoms with Crippen LogP contribution < -0.4 is 16.5 Å². The second-order valence-electron chi connectivity index (χ2n) is 7.10. The molecule has 1 aliphatic rings. The molecule has 0 atom stereocenters. The smallest absolute Gasteiger partial charge is 0.169 e. The highest BCUT2D eigenvalue weighted by atomic mass is 16.1. The molecule has 0 unspecified atom stereocenters. The third kappa shape index (κ3) is 3.46. The number of nitrogens with two attached hydrogens (primary N) is 1. The van der Waals surface area contributed by atoms with Crippen LogP contribution in [0.3, 0.4) is 0 Å². The van der Waals surface area contributed by atoms with Crippen LogP contribution in [0, 0.1) is 5.92 Å². The van der Waals surface area contributed by atoms with Gasteiger partial charge in [-0.1, -0.05) is 31.4 Å². The molecule has 1 aliphatic carbocycles. The number of benzene rings is 1. The average Bonchev–Trinajstić information content (AvgIpc) is 2.56. The molecule has 1 heterocycles. The molecule has 4 nitrogen and oxygen atoms in total. The van der Waals surface area contributed by atoms with Crippen molar-refractivity contribution >= 4 is 35.7 Å². The minimum absolute atomic E-state index is 0.0781. The van der Waals surface area contributed by atoms with Crippen LogP contribution in [0.25, 0.3) is 10.9 Å². The largest absolute Gasteiger partial charge is 0.381 e. The fourth-order valence-electron chi connectivity index (χ4n) is 3.33. The summed E-state index contributed by atoms with van der Waals surface area (Å²) in [4.78, 5) is 17.1. The minimum atomic E-state index is -0.0781. The van der Waals surface area contributed by atoms with Crippen molar-refractivity contribution in [3.05, 3.63) is 30.0 Å². The fourth-order valence-corrected chi connectivity index (χ4v) is 3.33. The molecule has 2 aromatic rings. The Balaban J connectivity index is 2.05. The number of ketones is 1. The summed E-state index contributed by atoms with van der Waals surface area (Å²) in [5, 5.41) is 4.52. The van der Waals surface area contributed by atoms with E-state index >= 15 is 0 Å². The van der Waals surface area contributed by atoms with Crippen LogP contribution in [0.5, 0.6) is 0 Å². The normalized spacial score (nSPS) is 21.2. The number of aromatic nitrogens is 1. The average molecular weight is 321 g/mol. The van der Waals surface area contributed by atoms with E-state index in [2.05, 4.69) is 10.3 Å². The third-order valence-electron chi connectivity index (χ3n) is 4.80. The molecule has 24 heavy (non-hydrogen) atoms. The Bertz CT molecular complexity index is 752. The molecule has 0 amide bonds. The maximum Gasteiger partial charge on any atom is 0.169 e. The number of anilines is 1. The molecule has 5 heteroatoms. The second kappa shape index (κ2) is 6.93. The standard InChI is InChI=1S/C19H24BN3O/c1-11(2)19(24)16-10-22-17-8-3-12(20)9-15(17)18(16)23-14-6-4-13(21)5-7-14/h3,8-11,13-14H,4-7,21H2,1-2H3,(H,22,23). The first-order valence-corrected chi connectivity index (χ1v) is 8.70. The van der Waals surface area contributed by atoms with E-state index in [4.69, 9.17) is 13.6 Å². The van der Waals surface area contributed by atoms with Crippen molar-refractivity contribution in [3.8, 4) is 0 Å². The van der Waals surface area contributed by atoms with Crippen molar-refractivity contribution in [1.29, 1.82) is 0 Å². The summed E-state index contributed by atoms with van der Waals surface area (Å²) in [7, 11) is 5.97. The number of nitrogens with zero attached hydrogens (tertiary/aromatic N) is 1. The second-order valence-corrected chi connectivity index (χ2v) is 7.10. The highest BCUT2D eigenvalue weighted by Crippen LogP contribution is 2.30. The van der Waals surface area contributed by atoms with E-state index in [1.165, 1.54) is 0 Å². The van der Waals surface area contributed by atoms with Crippen LogP contribution in [0.4, 0.5) is 5.69 Å². The summed E-state index contributed by atoms with van der Waals surface area (Å²) in [5.41, 5.74) is 9.05. The van der Waals surface area contributed by atoms with Gasteiger partial charge in [0.05, 0.1) is 16.8 Å². The van der Waals surface area contributed by atoms with Crippen LogP contribution in [0.2, 0.25) is 0 Å². The number of carbonyl (C=O) groups excluding carboxylic acids is 1. The van der Waals surface area contributed by atoms with E-state index < -0.39 is 0 Å². The van der Waals surface area contributed by atoms with E-state index in [0.717, 1.165) is 42.3 Å². The van der Waals surface area contributed by atoms with E-state index in [9.17, 15) is 4.79 Å². The van der Waals surface area contributed by atoms with Gasteiger partial charge in [-0.05, 0) is 31.7 Å². The van der Waals surface area contributed by atoms with Gasteiger partial charge in [0.1, 0.15) is 7.85 Å². The highest BCUT2D eigenvalue weighted by molar-refractivity contribution is 6.33. The zero-order valence-electron chi connectivity index (χ0n) is 14.4. The number of nitrogens with one attached hydrogen (secondary N) is 1. The van der Waals surface area contributed by atoms with Gasteiger partial charge in [-0.25, -0.2) is 0 Å². The summed E-state index contributed by atoms with van der Waals surface area (Å²) >= 11 is 0. The first-order chi connectivity index (χ1) is 11.5. The van der Waals surface area contributed by atoms with Gasteiger partial charge in [0.2, 0.25) is 0 Å². The number of rotatable bonds is 4. The van der Waals surface area contributed by atoms with Crippen LogP contribution >= 0.6 is 0 Å². The summed E-state index contributed by atoms with van der Waals surface area (Å²) in [6.07, 6.45) is 5.75. The lowest BCUT2D eigenvalue weighted by atomic mass is 9.89. The Labute approximate surface area is 144 Å². The molecular weight excluding hydrogens is 297 g/mol. The fraction of sp³-hybridized carbons (Fsp3) is 0.474. The zero-order valence-corrected chi connectivity index (χ0v) is 14.4. The number of Topliss-reactive ketones (excluding diaryl/α,β-unsaturated/α-hetero) is 1. The molecule has 1 fully saturated rings. The number of carbonyl (C=O) groups is 1. The predicted molar refractivity (Wildman–Crippen MR) is 100 cm³/mol. The van der Waals surface area contributed by atoms with E-state index in [-0.39, 0.29) is 11.7 Å². The van der Waals surface area contributed by atoms with Crippen molar-refractivity contribution in [2.45, 2.75) is 51.6 Å². The monoisotopic (exact) mass is 321 g/mol.